The number of carbonyl (C=O) groups excluding carboxylic acids is 1. The summed E-state index contributed by atoms with van der Waals surface area (Å²) in [4.78, 5) is 18.6. The third-order valence-electron chi connectivity index (χ3n) is 4.44. The lowest BCUT2D eigenvalue weighted by molar-refractivity contribution is -0.139. The van der Waals surface area contributed by atoms with Crippen molar-refractivity contribution in [2.45, 2.75) is 45.1 Å². The molecule has 1 fully saturated rings. The van der Waals surface area contributed by atoms with Crippen LogP contribution in [-0.2, 0) is 16.0 Å². The Kier molecular flexibility index (Phi) is 5.98. The topological polar surface area (TPSA) is 68.5 Å². The standard InChI is InChI=1S/C19H24FN3O3/c1-13(2)19-21-17(26-22-19)4-3-5-18(24)23-10-11-25-16(12-23)14-6-8-15(20)9-7-14/h6-9,13,16H,3-5,10-12H2,1-2H3/t16-/m0/s1. The quantitative estimate of drug-likeness (QED) is 0.790. The van der Waals surface area contributed by atoms with Crippen molar-refractivity contribution in [1.29, 1.82) is 0 Å². The van der Waals surface area contributed by atoms with E-state index in [2.05, 4.69) is 10.1 Å². The van der Waals surface area contributed by atoms with Crippen molar-refractivity contribution in [2.24, 2.45) is 0 Å². The van der Waals surface area contributed by atoms with Crippen molar-refractivity contribution in [3.05, 3.63) is 47.4 Å². The molecule has 0 spiro atoms. The molecule has 1 aliphatic heterocycles. The van der Waals surface area contributed by atoms with Crippen LogP contribution in [0, 0.1) is 5.82 Å². The second kappa shape index (κ2) is 8.40. The lowest BCUT2D eigenvalue weighted by Crippen LogP contribution is -2.42. The van der Waals surface area contributed by atoms with Gasteiger partial charge in [-0.05, 0) is 24.1 Å². The Bertz CT molecular complexity index is 730. The minimum absolute atomic E-state index is 0.0870. The molecular weight excluding hydrogens is 337 g/mol. The van der Waals surface area contributed by atoms with E-state index in [-0.39, 0.29) is 23.7 Å². The first-order chi connectivity index (χ1) is 12.5. The van der Waals surface area contributed by atoms with E-state index in [0.717, 1.165) is 5.56 Å². The number of hydrogen-bond donors (Lipinski definition) is 0. The van der Waals surface area contributed by atoms with E-state index in [4.69, 9.17) is 9.26 Å². The number of nitrogens with zero attached hydrogens (tertiary/aromatic N) is 3. The number of amides is 1. The first-order valence-electron chi connectivity index (χ1n) is 9.00. The fourth-order valence-corrected chi connectivity index (χ4v) is 2.91. The van der Waals surface area contributed by atoms with Gasteiger partial charge in [-0.3, -0.25) is 4.79 Å². The summed E-state index contributed by atoms with van der Waals surface area (Å²) in [6.07, 6.45) is 1.47. The number of rotatable bonds is 6. The maximum atomic E-state index is 13.1. The van der Waals surface area contributed by atoms with Crippen LogP contribution in [0.5, 0.6) is 0 Å². The number of halogens is 1. The number of aryl methyl sites for hydroxylation is 1. The van der Waals surface area contributed by atoms with Crippen molar-refractivity contribution < 1.29 is 18.4 Å². The molecule has 0 bridgehead atoms. The molecule has 1 aromatic heterocycles. The van der Waals surface area contributed by atoms with Crippen LogP contribution in [0.4, 0.5) is 4.39 Å². The molecule has 6 nitrogen and oxygen atoms in total. The van der Waals surface area contributed by atoms with Gasteiger partial charge in [0.15, 0.2) is 5.82 Å². The maximum Gasteiger partial charge on any atom is 0.226 e. The molecule has 0 N–H and O–H groups in total. The van der Waals surface area contributed by atoms with Crippen LogP contribution in [0.3, 0.4) is 0 Å². The molecular formula is C19H24FN3O3. The van der Waals surface area contributed by atoms with E-state index in [9.17, 15) is 9.18 Å². The number of benzene rings is 1. The normalized spacial score (nSPS) is 17.7. The Hall–Kier alpha value is -2.28. The van der Waals surface area contributed by atoms with Gasteiger partial charge < -0.3 is 14.2 Å². The van der Waals surface area contributed by atoms with E-state index in [1.807, 2.05) is 18.7 Å². The molecule has 140 valence electrons. The van der Waals surface area contributed by atoms with Crippen molar-refractivity contribution in [1.82, 2.24) is 15.0 Å². The Labute approximate surface area is 152 Å². The summed E-state index contributed by atoms with van der Waals surface area (Å²) in [5, 5.41) is 3.93. The SMILES string of the molecule is CC(C)c1noc(CCCC(=O)N2CCO[C@H](c3ccc(F)cc3)C2)n1. The summed E-state index contributed by atoms with van der Waals surface area (Å²) >= 11 is 0. The van der Waals surface area contributed by atoms with Gasteiger partial charge in [-0.25, -0.2) is 4.39 Å². The predicted molar refractivity (Wildman–Crippen MR) is 93.0 cm³/mol. The highest BCUT2D eigenvalue weighted by Gasteiger charge is 2.25. The number of carbonyl (C=O) groups is 1. The zero-order chi connectivity index (χ0) is 18.5. The fraction of sp³-hybridized carbons (Fsp3) is 0.526. The minimum atomic E-state index is -0.279. The Morgan fingerprint density at radius 1 is 1.35 bits per heavy atom. The summed E-state index contributed by atoms with van der Waals surface area (Å²) in [6, 6.07) is 6.23. The zero-order valence-corrected chi connectivity index (χ0v) is 15.2. The minimum Gasteiger partial charge on any atom is -0.370 e. The van der Waals surface area contributed by atoms with Gasteiger partial charge >= 0.3 is 0 Å². The van der Waals surface area contributed by atoms with Gasteiger partial charge in [0.05, 0.1) is 13.2 Å². The maximum absolute atomic E-state index is 13.1. The van der Waals surface area contributed by atoms with Crippen molar-refractivity contribution >= 4 is 5.91 Å². The largest absolute Gasteiger partial charge is 0.370 e. The molecule has 1 aromatic carbocycles. The van der Waals surface area contributed by atoms with Crippen LogP contribution in [0.15, 0.2) is 28.8 Å². The van der Waals surface area contributed by atoms with Crippen LogP contribution < -0.4 is 0 Å². The highest BCUT2D eigenvalue weighted by atomic mass is 19.1. The van der Waals surface area contributed by atoms with E-state index in [1.54, 1.807) is 12.1 Å². The smallest absolute Gasteiger partial charge is 0.226 e. The van der Waals surface area contributed by atoms with Crippen molar-refractivity contribution in [3.63, 3.8) is 0 Å². The molecule has 3 rings (SSSR count). The van der Waals surface area contributed by atoms with Crippen molar-refractivity contribution in [3.8, 4) is 0 Å². The molecule has 26 heavy (non-hydrogen) atoms. The third-order valence-corrected chi connectivity index (χ3v) is 4.44. The lowest BCUT2D eigenvalue weighted by atomic mass is 10.1. The molecule has 7 heteroatoms. The van der Waals surface area contributed by atoms with Crippen LogP contribution >= 0.6 is 0 Å². The Balaban J connectivity index is 1.48. The Morgan fingerprint density at radius 3 is 2.81 bits per heavy atom. The molecule has 0 saturated carbocycles. The summed E-state index contributed by atoms with van der Waals surface area (Å²) in [6.45, 7) is 5.56. The van der Waals surface area contributed by atoms with Gasteiger partial charge in [0.1, 0.15) is 11.9 Å². The highest BCUT2D eigenvalue weighted by molar-refractivity contribution is 5.76. The number of aromatic nitrogens is 2. The monoisotopic (exact) mass is 361 g/mol. The van der Waals surface area contributed by atoms with E-state index in [0.29, 0.717) is 50.7 Å². The molecule has 2 aromatic rings. The van der Waals surface area contributed by atoms with Gasteiger partial charge in [0.2, 0.25) is 11.8 Å². The predicted octanol–water partition coefficient (Wildman–Crippen LogP) is 3.25. The number of ether oxygens (including phenoxy) is 1. The first kappa shape index (κ1) is 18.5. The van der Waals surface area contributed by atoms with Crippen LogP contribution in [-0.4, -0.2) is 40.6 Å². The van der Waals surface area contributed by atoms with E-state index < -0.39 is 0 Å². The van der Waals surface area contributed by atoms with E-state index in [1.165, 1.54) is 12.1 Å². The summed E-state index contributed by atoms with van der Waals surface area (Å²) in [7, 11) is 0. The summed E-state index contributed by atoms with van der Waals surface area (Å²) in [5.41, 5.74) is 0.885. The Morgan fingerprint density at radius 2 is 2.12 bits per heavy atom. The fourth-order valence-electron chi connectivity index (χ4n) is 2.91. The average Bonchev–Trinajstić information content (AvgIpc) is 3.12. The molecule has 1 saturated heterocycles. The zero-order valence-electron chi connectivity index (χ0n) is 15.2. The van der Waals surface area contributed by atoms with Gasteiger partial charge in [-0.15, -0.1) is 0 Å². The summed E-state index contributed by atoms with van der Waals surface area (Å²) < 4.78 is 24.0. The molecule has 0 unspecified atom stereocenters. The molecule has 1 amide bonds. The summed E-state index contributed by atoms with van der Waals surface area (Å²) in [5.74, 6) is 1.31. The van der Waals surface area contributed by atoms with Crippen LogP contribution in [0.2, 0.25) is 0 Å². The third kappa shape index (κ3) is 4.66. The number of morpholine rings is 1. The van der Waals surface area contributed by atoms with Crippen molar-refractivity contribution in [2.75, 3.05) is 19.7 Å². The van der Waals surface area contributed by atoms with Gasteiger partial charge in [-0.2, -0.15) is 4.98 Å². The van der Waals surface area contributed by atoms with Crippen LogP contribution in [0.25, 0.3) is 0 Å². The van der Waals surface area contributed by atoms with Gasteiger partial charge in [-0.1, -0.05) is 31.1 Å². The molecule has 0 aliphatic carbocycles. The molecule has 1 aliphatic rings. The highest BCUT2D eigenvalue weighted by Crippen LogP contribution is 2.23. The molecule has 2 heterocycles. The average molecular weight is 361 g/mol. The molecule has 0 radical (unpaired) electrons. The van der Waals surface area contributed by atoms with Gasteiger partial charge in [0.25, 0.3) is 0 Å². The first-order valence-corrected chi connectivity index (χ1v) is 9.00. The van der Waals surface area contributed by atoms with E-state index >= 15 is 0 Å². The molecule has 1 atom stereocenters. The number of hydrogen-bond acceptors (Lipinski definition) is 5. The second-order valence-corrected chi connectivity index (χ2v) is 6.81. The lowest BCUT2D eigenvalue weighted by Gasteiger charge is -2.33. The second-order valence-electron chi connectivity index (χ2n) is 6.81. The van der Waals surface area contributed by atoms with Gasteiger partial charge in [0, 0.05) is 25.3 Å². The van der Waals surface area contributed by atoms with Crippen LogP contribution in [0.1, 0.15) is 56.0 Å².